The minimum Gasteiger partial charge on any atom is -0.330 e. The van der Waals surface area contributed by atoms with Crippen LogP contribution in [-0.2, 0) is 20.9 Å². The molecule has 5 nitrogen and oxygen atoms in total. The van der Waals surface area contributed by atoms with E-state index in [2.05, 4.69) is 9.17 Å². The highest BCUT2D eigenvalue weighted by Crippen LogP contribution is 2.10. The van der Waals surface area contributed by atoms with E-state index in [9.17, 15) is 8.42 Å². The molecule has 80 valence electrons. The van der Waals surface area contributed by atoms with Gasteiger partial charge in [-0.2, -0.15) is 8.42 Å². The van der Waals surface area contributed by atoms with Crippen LogP contribution in [-0.4, -0.2) is 24.2 Å². The Labute approximate surface area is 83.8 Å². The van der Waals surface area contributed by atoms with Gasteiger partial charge in [-0.05, 0) is 13.8 Å². The van der Waals surface area contributed by atoms with E-state index in [4.69, 9.17) is 0 Å². The van der Waals surface area contributed by atoms with Gasteiger partial charge in [0.1, 0.15) is 6.61 Å². The number of nitrogens with zero attached hydrogens (tertiary/aromatic N) is 2. The molecule has 0 aliphatic carbocycles. The Bertz CT molecular complexity index is 394. The molecule has 0 radical (unpaired) electrons. The van der Waals surface area contributed by atoms with Crippen molar-refractivity contribution in [3.63, 3.8) is 0 Å². The van der Waals surface area contributed by atoms with Gasteiger partial charge in [-0.15, -0.1) is 0 Å². The van der Waals surface area contributed by atoms with E-state index < -0.39 is 10.1 Å². The molecule has 0 amide bonds. The van der Waals surface area contributed by atoms with Crippen molar-refractivity contribution in [1.29, 1.82) is 0 Å². The van der Waals surface area contributed by atoms with E-state index in [1.54, 1.807) is 12.5 Å². The van der Waals surface area contributed by atoms with Crippen molar-refractivity contribution in [2.45, 2.75) is 26.5 Å². The van der Waals surface area contributed by atoms with Crippen LogP contribution >= 0.6 is 0 Å². The number of imidazole rings is 1. The van der Waals surface area contributed by atoms with Crippen LogP contribution in [0.15, 0.2) is 12.5 Å². The van der Waals surface area contributed by atoms with Crippen LogP contribution in [0.5, 0.6) is 0 Å². The molecule has 0 N–H and O–H groups in total. The molecule has 1 heterocycles. The van der Waals surface area contributed by atoms with Crippen molar-refractivity contribution in [2.75, 3.05) is 6.26 Å². The zero-order valence-electron chi connectivity index (χ0n) is 8.47. The molecule has 14 heavy (non-hydrogen) atoms. The molecule has 6 heteroatoms. The first-order valence-electron chi connectivity index (χ1n) is 4.25. The minimum atomic E-state index is -3.38. The van der Waals surface area contributed by atoms with Crippen molar-refractivity contribution in [3.8, 4) is 0 Å². The van der Waals surface area contributed by atoms with E-state index in [1.807, 2.05) is 18.4 Å². The smallest absolute Gasteiger partial charge is 0.264 e. The largest absolute Gasteiger partial charge is 0.330 e. The molecule has 1 aromatic rings. The third-order valence-corrected chi connectivity index (χ3v) is 2.27. The molecule has 0 bridgehead atoms. The summed E-state index contributed by atoms with van der Waals surface area (Å²) in [6, 6.07) is 0.246. The summed E-state index contributed by atoms with van der Waals surface area (Å²) in [6.45, 7) is 4.02. The molecule has 0 saturated carbocycles. The van der Waals surface area contributed by atoms with Gasteiger partial charge in [0.25, 0.3) is 10.1 Å². The minimum absolute atomic E-state index is 0.0387. The lowest BCUT2D eigenvalue weighted by molar-refractivity contribution is 0.298. The van der Waals surface area contributed by atoms with Crippen LogP contribution in [0.1, 0.15) is 25.6 Å². The van der Waals surface area contributed by atoms with Gasteiger partial charge in [-0.1, -0.05) is 0 Å². The second-order valence-electron chi connectivity index (χ2n) is 3.35. The summed E-state index contributed by atoms with van der Waals surface area (Å²) < 4.78 is 28.1. The number of aromatic nitrogens is 2. The van der Waals surface area contributed by atoms with Crippen LogP contribution < -0.4 is 0 Å². The Hall–Kier alpha value is -0.880. The van der Waals surface area contributed by atoms with Crippen LogP contribution in [0, 0.1) is 0 Å². The average molecular weight is 218 g/mol. The molecular formula is C8H14N2O3S. The third kappa shape index (κ3) is 3.12. The topological polar surface area (TPSA) is 61.2 Å². The first-order valence-corrected chi connectivity index (χ1v) is 6.07. The molecule has 0 unspecified atom stereocenters. The Kier molecular flexibility index (Phi) is 3.28. The summed E-state index contributed by atoms with van der Waals surface area (Å²) in [5.41, 5.74) is 0.755. The molecule has 0 aliphatic rings. The monoisotopic (exact) mass is 218 g/mol. The molecular weight excluding hydrogens is 204 g/mol. The van der Waals surface area contributed by atoms with Crippen LogP contribution in [0.2, 0.25) is 0 Å². The van der Waals surface area contributed by atoms with Crippen molar-refractivity contribution in [2.24, 2.45) is 0 Å². The van der Waals surface area contributed by atoms with Gasteiger partial charge >= 0.3 is 0 Å². The SMILES string of the molecule is CC(C)n1cncc1COS(C)(=O)=O. The van der Waals surface area contributed by atoms with Gasteiger partial charge < -0.3 is 4.57 Å². The summed E-state index contributed by atoms with van der Waals surface area (Å²) in [4.78, 5) is 3.93. The Morgan fingerprint density at radius 1 is 1.57 bits per heavy atom. The maximum Gasteiger partial charge on any atom is 0.264 e. The van der Waals surface area contributed by atoms with Crippen LogP contribution in [0.4, 0.5) is 0 Å². The van der Waals surface area contributed by atoms with Gasteiger partial charge in [0.05, 0.1) is 24.5 Å². The highest BCUT2D eigenvalue weighted by atomic mass is 32.2. The molecule has 0 saturated heterocycles. The second kappa shape index (κ2) is 4.10. The van der Waals surface area contributed by atoms with Crippen molar-refractivity contribution < 1.29 is 12.6 Å². The van der Waals surface area contributed by atoms with E-state index >= 15 is 0 Å². The highest BCUT2D eigenvalue weighted by Gasteiger charge is 2.08. The van der Waals surface area contributed by atoms with E-state index in [0.29, 0.717) is 0 Å². The van der Waals surface area contributed by atoms with E-state index in [-0.39, 0.29) is 12.6 Å². The Balaban J connectivity index is 2.72. The maximum absolute atomic E-state index is 10.8. The zero-order valence-corrected chi connectivity index (χ0v) is 9.28. The standard InChI is InChI=1S/C8H14N2O3S/c1-7(2)10-6-9-4-8(10)5-13-14(3,11)12/h4,6-7H,5H2,1-3H3. The molecule has 0 spiro atoms. The fraction of sp³-hybridized carbons (Fsp3) is 0.625. The lowest BCUT2D eigenvalue weighted by Gasteiger charge is -2.10. The fourth-order valence-electron chi connectivity index (χ4n) is 1.08. The second-order valence-corrected chi connectivity index (χ2v) is 5.00. The fourth-order valence-corrected chi connectivity index (χ4v) is 1.41. The quantitative estimate of drug-likeness (QED) is 0.706. The zero-order chi connectivity index (χ0) is 10.8. The molecule has 1 aromatic heterocycles. The summed E-state index contributed by atoms with van der Waals surface area (Å²) in [5, 5.41) is 0. The van der Waals surface area contributed by atoms with E-state index in [0.717, 1.165) is 11.9 Å². The van der Waals surface area contributed by atoms with E-state index in [1.165, 1.54) is 0 Å². The van der Waals surface area contributed by atoms with Crippen LogP contribution in [0.3, 0.4) is 0 Å². The highest BCUT2D eigenvalue weighted by molar-refractivity contribution is 7.85. The first kappa shape index (κ1) is 11.2. The number of hydrogen-bond acceptors (Lipinski definition) is 4. The molecule has 0 aliphatic heterocycles. The van der Waals surface area contributed by atoms with Gasteiger partial charge in [0.2, 0.25) is 0 Å². The van der Waals surface area contributed by atoms with Gasteiger partial charge in [0.15, 0.2) is 0 Å². The first-order chi connectivity index (χ1) is 6.40. The number of hydrogen-bond donors (Lipinski definition) is 0. The van der Waals surface area contributed by atoms with Gasteiger partial charge in [-0.25, -0.2) is 4.98 Å². The lowest BCUT2D eigenvalue weighted by atomic mass is 10.3. The Morgan fingerprint density at radius 2 is 2.21 bits per heavy atom. The third-order valence-electron chi connectivity index (χ3n) is 1.72. The van der Waals surface area contributed by atoms with Gasteiger partial charge in [0, 0.05) is 6.04 Å². The maximum atomic E-state index is 10.8. The lowest BCUT2D eigenvalue weighted by Crippen LogP contribution is -2.08. The average Bonchev–Trinajstić information content (AvgIpc) is 2.46. The van der Waals surface area contributed by atoms with Crippen molar-refractivity contribution in [3.05, 3.63) is 18.2 Å². The molecule has 0 atom stereocenters. The van der Waals surface area contributed by atoms with Crippen molar-refractivity contribution >= 4 is 10.1 Å². The summed E-state index contributed by atoms with van der Waals surface area (Å²) in [7, 11) is -3.38. The summed E-state index contributed by atoms with van der Waals surface area (Å²) in [5.74, 6) is 0. The normalized spacial score (nSPS) is 12.3. The predicted octanol–water partition coefficient (Wildman–Crippen LogP) is 0.940. The predicted molar refractivity (Wildman–Crippen MR) is 52.2 cm³/mol. The molecule has 0 fully saturated rings. The number of rotatable bonds is 4. The summed E-state index contributed by atoms with van der Waals surface area (Å²) in [6.07, 6.45) is 4.29. The van der Waals surface area contributed by atoms with Crippen LogP contribution in [0.25, 0.3) is 0 Å². The summed E-state index contributed by atoms with van der Waals surface area (Å²) >= 11 is 0. The molecule has 1 rings (SSSR count). The van der Waals surface area contributed by atoms with Crippen molar-refractivity contribution in [1.82, 2.24) is 9.55 Å². The Morgan fingerprint density at radius 3 is 2.71 bits per heavy atom. The molecule has 0 aromatic carbocycles. The van der Waals surface area contributed by atoms with Gasteiger partial charge in [-0.3, -0.25) is 4.18 Å².